The van der Waals surface area contributed by atoms with E-state index in [2.05, 4.69) is 19.9 Å². The quantitative estimate of drug-likeness (QED) is 0.323. The molecule has 1 aliphatic heterocycles. The summed E-state index contributed by atoms with van der Waals surface area (Å²) < 4.78 is 23.7. The molecule has 4 fully saturated rings. The number of fused-ring (bicyclic) bond motifs is 6. The molecule has 5 aliphatic rings. The lowest BCUT2D eigenvalue weighted by molar-refractivity contribution is -0.209. The highest BCUT2D eigenvalue weighted by Gasteiger charge is 2.71. The SMILES string of the molecule is CC(=O)OC1C[C@@]2(C)[C@@H](CCC23CCC(=O)O3)[C@H]2C1[C@@]1(C)CC[C@H](OC(C)=O)CC1=C[C@@H]2OC(C)=O. The van der Waals surface area contributed by atoms with Gasteiger partial charge in [0.25, 0.3) is 0 Å². The number of carbonyl (C=O) groups is 4. The number of esters is 4. The topological polar surface area (TPSA) is 105 Å². The predicted octanol–water partition coefficient (Wildman–Crippen LogP) is 4.04. The summed E-state index contributed by atoms with van der Waals surface area (Å²) in [6.07, 6.45) is 6.38. The summed E-state index contributed by atoms with van der Waals surface area (Å²) in [7, 11) is 0. The molecule has 1 spiro atoms. The van der Waals surface area contributed by atoms with Crippen molar-refractivity contribution in [2.75, 3.05) is 0 Å². The summed E-state index contributed by atoms with van der Waals surface area (Å²) in [4.78, 5) is 48.6. The van der Waals surface area contributed by atoms with E-state index in [0.717, 1.165) is 31.3 Å². The second kappa shape index (κ2) is 8.59. The minimum Gasteiger partial charge on any atom is -0.462 e. The van der Waals surface area contributed by atoms with E-state index < -0.39 is 23.2 Å². The highest BCUT2D eigenvalue weighted by Crippen LogP contribution is 2.70. The number of ether oxygens (including phenoxy) is 4. The minimum absolute atomic E-state index is 0.0608. The van der Waals surface area contributed by atoms with Gasteiger partial charge in [0.05, 0.1) is 0 Å². The van der Waals surface area contributed by atoms with Gasteiger partial charge in [-0.3, -0.25) is 19.2 Å². The predicted molar refractivity (Wildman–Crippen MR) is 127 cm³/mol. The fraction of sp³-hybridized carbons (Fsp3) is 0.786. The Balaban J connectivity index is 1.61. The molecule has 0 amide bonds. The molecule has 3 saturated carbocycles. The van der Waals surface area contributed by atoms with Crippen molar-refractivity contribution < 1.29 is 38.1 Å². The third-order valence-electron chi connectivity index (χ3n) is 10.3. The first kappa shape index (κ1) is 25.3. The van der Waals surface area contributed by atoms with E-state index in [1.54, 1.807) is 0 Å². The molecule has 8 heteroatoms. The molecule has 4 aliphatic carbocycles. The van der Waals surface area contributed by atoms with Crippen LogP contribution in [0.5, 0.6) is 0 Å². The van der Waals surface area contributed by atoms with Crippen LogP contribution >= 0.6 is 0 Å². The van der Waals surface area contributed by atoms with Gasteiger partial charge >= 0.3 is 23.9 Å². The van der Waals surface area contributed by atoms with E-state index in [4.69, 9.17) is 18.9 Å². The van der Waals surface area contributed by atoms with Crippen molar-refractivity contribution in [1.82, 2.24) is 0 Å². The molecule has 0 aromatic heterocycles. The lowest BCUT2D eigenvalue weighted by atomic mass is 9.45. The molecule has 0 bridgehead atoms. The van der Waals surface area contributed by atoms with E-state index in [0.29, 0.717) is 25.7 Å². The summed E-state index contributed by atoms with van der Waals surface area (Å²) in [5.74, 6) is -1.16. The van der Waals surface area contributed by atoms with Crippen LogP contribution in [-0.2, 0) is 38.1 Å². The van der Waals surface area contributed by atoms with E-state index in [9.17, 15) is 19.2 Å². The van der Waals surface area contributed by atoms with Gasteiger partial charge < -0.3 is 18.9 Å². The first-order valence-corrected chi connectivity index (χ1v) is 13.3. The van der Waals surface area contributed by atoms with Crippen LogP contribution < -0.4 is 0 Å². The van der Waals surface area contributed by atoms with E-state index in [1.165, 1.54) is 20.8 Å². The molecule has 5 rings (SSSR count). The van der Waals surface area contributed by atoms with Crippen molar-refractivity contribution in [3.63, 3.8) is 0 Å². The average molecular weight is 503 g/mol. The van der Waals surface area contributed by atoms with Crippen LogP contribution in [0.15, 0.2) is 11.6 Å². The Bertz CT molecular complexity index is 1020. The molecule has 36 heavy (non-hydrogen) atoms. The van der Waals surface area contributed by atoms with Gasteiger partial charge in [0.2, 0.25) is 0 Å². The third kappa shape index (κ3) is 3.77. The average Bonchev–Trinajstić information content (AvgIpc) is 3.27. The van der Waals surface area contributed by atoms with Gasteiger partial charge in [-0.2, -0.15) is 0 Å². The standard InChI is InChI=1S/C28H38O8/c1-15(29)33-19-6-9-26(4)18(12-19)13-21(34-16(2)30)24-20-7-10-28(11-8-23(32)36-28)27(20,5)14-22(25(24)26)35-17(3)31/h13,19-22,24-25H,6-12,14H2,1-5H3/t19-,20-,21-,22?,24+,25?,26-,27-,28?/m0/s1. The minimum atomic E-state index is -0.573. The van der Waals surface area contributed by atoms with Crippen LogP contribution in [0.25, 0.3) is 0 Å². The second-order valence-corrected chi connectivity index (χ2v) is 12.1. The Hall–Kier alpha value is -2.38. The Morgan fingerprint density at radius 3 is 2.25 bits per heavy atom. The molecular weight excluding hydrogens is 464 g/mol. The van der Waals surface area contributed by atoms with E-state index >= 15 is 0 Å². The summed E-state index contributed by atoms with van der Waals surface area (Å²) >= 11 is 0. The van der Waals surface area contributed by atoms with Gasteiger partial charge in [0, 0.05) is 50.9 Å². The summed E-state index contributed by atoms with van der Waals surface area (Å²) in [5.41, 5.74) is -0.151. The molecule has 1 heterocycles. The highest BCUT2D eigenvalue weighted by molar-refractivity contribution is 5.72. The van der Waals surface area contributed by atoms with E-state index in [1.807, 2.05) is 0 Å². The molecule has 8 nitrogen and oxygen atoms in total. The van der Waals surface area contributed by atoms with Crippen molar-refractivity contribution in [3.8, 4) is 0 Å². The Morgan fingerprint density at radius 2 is 1.64 bits per heavy atom. The lowest BCUT2D eigenvalue weighted by Crippen LogP contribution is -2.63. The van der Waals surface area contributed by atoms with Crippen molar-refractivity contribution in [1.29, 1.82) is 0 Å². The molecule has 1 saturated heterocycles. The van der Waals surface area contributed by atoms with Gasteiger partial charge in [-0.05, 0) is 55.9 Å². The molecule has 198 valence electrons. The van der Waals surface area contributed by atoms with Crippen molar-refractivity contribution in [2.24, 2.45) is 28.6 Å². The normalized spacial score (nSPS) is 45.0. The fourth-order valence-corrected chi connectivity index (χ4v) is 8.92. The molecule has 9 atom stereocenters. The number of hydrogen-bond donors (Lipinski definition) is 0. The smallest absolute Gasteiger partial charge is 0.306 e. The van der Waals surface area contributed by atoms with Crippen LogP contribution in [0.1, 0.15) is 86.0 Å². The zero-order valence-corrected chi connectivity index (χ0v) is 22.0. The maximum atomic E-state index is 12.4. The Morgan fingerprint density at radius 1 is 0.944 bits per heavy atom. The number of hydrogen-bond acceptors (Lipinski definition) is 8. The van der Waals surface area contributed by atoms with E-state index in [-0.39, 0.29) is 53.1 Å². The van der Waals surface area contributed by atoms with Gasteiger partial charge in [-0.25, -0.2) is 0 Å². The third-order valence-corrected chi connectivity index (χ3v) is 10.3. The Kier molecular flexibility index (Phi) is 6.03. The van der Waals surface area contributed by atoms with Gasteiger partial charge in [0.1, 0.15) is 23.9 Å². The largest absolute Gasteiger partial charge is 0.462 e. The zero-order valence-electron chi connectivity index (χ0n) is 22.0. The maximum Gasteiger partial charge on any atom is 0.306 e. The zero-order chi connectivity index (χ0) is 26.0. The molecule has 0 aromatic carbocycles. The van der Waals surface area contributed by atoms with Crippen molar-refractivity contribution in [3.05, 3.63) is 11.6 Å². The van der Waals surface area contributed by atoms with Gasteiger partial charge in [-0.15, -0.1) is 0 Å². The number of carbonyl (C=O) groups excluding carboxylic acids is 4. The first-order chi connectivity index (χ1) is 16.9. The molecule has 0 radical (unpaired) electrons. The molecular formula is C28H38O8. The summed E-state index contributed by atoms with van der Waals surface area (Å²) in [6.45, 7) is 8.69. The van der Waals surface area contributed by atoms with Gasteiger partial charge in [-0.1, -0.05) is 19.4 Å². The number of rotatable bonds is 3. The van der Waals surface area contributed by atoms with Crippen LogP contribution in [0.4, 0.5) is 0 Å². The molecule has 0 aromatic rings. The second-order valence-electron chi connectivity index (χ2n) is 12.1. The monoisotopic (exact) mass is 502 g/mol. The molecule has 0 N–H and O–H groups in total. The lowest BCUT2D eigenvalue weighted by Gasteiger charge is -2.62. The summed E-state index contributed by atoms with van der Waals surface area (Å²) in [6, 6.07) is 0. The van der Waals surface area contributed by atoms with Crippen LogP contribution in [0.2, 0.25) is 0 Å². The van der Waals surface area contributed by atoms with Crippen LogP contribution in [0, 0.1) is 28.6 Å². The van der Waals surface area contributed by atoms with Crippen molar-refractivity contribution in [2.45, 2.75) is 110 Å². The summed E-state index contributed by atoms with van der Waals surface area (Å²) in [5, 5.41) is 0. The Labute approximate surface area is 212 Å². The fourth-order valence-electron chi connectivity index (χ4n) is 8.92. The highest BCUT2D eigenvalue weighted by atomic mass is 16.6. The maximum absolute atomic E-state index is 12.4. The van der Waals surface area contributed by atoms with Gasteiger partial charge in [0.15, 0.2) is 0 Å². The first-order valence-electron chi connectivity index (χ1n) is 13.3. The molecule has 3 unspecified atom stereocenters. The van der Waals surface area contributed by atoms with Crippen LogP contribution in [0.3, 0.4) is 0 Å². The van der Waals surface area contributed by atoms with Crippen molar-refractivity contribution >= 4 is 23.9 Å². The van der Waals surface area contributed by atoms with Crippen LogP contribution in [-0.4, -0.2) is 47.8 Å².